The predicted octanol–water partition coefficient (Wildman–Crippen LogP) is 4.17. The van der Waals surface area contributed by atoms with Gasteiger partial charge in [-0.05, 0) is 61.2 Å². The summed E-state index contributed by atoms with van der Waals surface area (Å²) >= 11 is 0. The first-order valence-corrected chi connectivity index (χ1v) is 13.6. The Hall–Kier alpha value is -3.20. The van der Waals surface area contributed by atoms with Crippen LogP contribution in [-0.4, -0.2) is 45.5 Å². The van der Waals surface area contributed by atoms with Gasteiger partial charge in [0.25, 0.3) is 15.9 Å². The van der Waals surface area contributed by atoms with E-state index >= 15 is 0 Å². The first kappa shape index (κ1) is 25.9. The second kappa shape index (κ2) is 11.2. The Morgan fingerprint density at radius 3 is 2.28 bits per heavy atom. The molecular formula is C28H33N3O4S. The minimum Gasteiger partial charge on any atom is -0.379 e. The highest BCUT2D eigenvalue weighted by Gasteiger charge is 2.20. The average molecular weight is 508 g/mol. The molecule has 0 unspecified atom stereocenters. The SMILES string of the molecule is Cc1ccc(NS(=O)(=O)c2cc(C(=O)NCc3ccc(CN4CCOCC4)cc3)ccc2C)c(C)c1. The topological polar surface area (TPSA) is 87.7 Å². The lowest BCUT2D eigenvalue weighted by molar-refractivity contribution is 0.0342. The van der Waals surface area contributed by atoms with Crippen molar-refractivity contribution in [2.75, 3.05) is 31.0 Å². The van der Waals surface area contributed by atoms with Crippen molar-refractivity contribution in [1.82, 2.24) is 10.2 Å². The third-order valence-corrected chi connectivity index (χ3v) is 7.86. The lowest BCUT2D eigenvalue weighted by Gasteiger charge is -2.26. The van der Waals surface area contributed by atoms with Crippen LogP contribution in [0.1, 0.15) is 38.2 Å². The molecule has 1 heterocycles. The fourth-order valence-electron chi connectivity index (χ4n) is 4.22. The summed E-state index contributed by atoms with van der Waals surface area (Å²) in [5.74, 6) is -0.324. The van der Waals surface area contributed by atoms with Gasteiger partial charge >= 0.3 is 0 Å². The van der Waals surface area contributed by atoms with Crippen molar-refractivity contribution in [2.45, 2.75) is 38.8 Å². The maximum absolute atomic E-state index is 13.1. The normalized spacial score (nSPS) is 14.4. The molecule has 2 N–H and O–H groups in total. The number of benzene rings is 3. The molecule has 190 valence electrons. The Kier molecular flexibility index (Phi) is 8.08. The Labute approximate surface area is 213 Å². The highest BCUT2D eigenvalue weighted by molar-refractivity contribution is 7.92. The summed E-state index contributed by atoms with van der Waals surface area (Å²) in [7, 11) is -3.86. The fourth-order valence-corrected chi connectivity index (χ4v) is 5.63. The number of hydrogen-bond acceptors (Lipinski definition) is 5. The van der Waals surface area contributed by atoms with E-state index in [1.165, 1.54) is 11.6 Å². The van der Waals surface area contributed by atoms with E-state index in [0.717, 1.165) is 49.5 Å². The summed E-state index contributed by atoms with van der Waals surface area (Å²) < 4.78 is 34.3. The summed E-state index contributed by atoms with van der Waals surface area (Å²) in [5.41, 5.74) is 5.47. The van der Waals surface area contributed by atoms with E-state index in [1.807, 2.05) is 38.1 Å². The zero-order valence-corrected chi connectivity index (χ0v) is 21.8. The Morgan fingerprint density at radius 2 is 1.58 bits per heavy atom. The summed E-state index contributed by atoms with van der Waals surface area (Å²) in [4.78, 5) is 15.3. The van der Waals surface area contributed by atoms with Crippen LogP contribution in [-0.2, 0) is 27.8 Å². The third kappa shape index (κ3) is 6.51. The van der Waals surface area contributed by atoms with Gasteiger partial charge in [-0.25, -0.2) is 8.42 Å². The molecular weight excluding hydrogens is 474 g/mol. The number of carbonyl (C=O) groups excluding carboxylic acids is 1. The first-order chi connectivity index (χ1) is 17.2. The van der Waals surface area contributed by atoms with Crippen molar-refractivity contribution in [3.8, 4) is 0 Å². The van der Waals surface area contributed by atoms with Gasteiger partial charge in [-0.15, -0.1) is 0 Å². The molecule has 36 heavy (non-hydrogen) atoms. The number of aryl methyl sites for hydroxylation is 3. The van der Waals surface area contributed by atoms with Crippen molar-refractivity contribution >= 4 is 21.6 Å². The maximum atomic E-state index is 13.1. The highest BCUT2D eigenvalue weighted by Crippen LogP contribution is 2.23. The molecule has 3 aromatic carbocycles. The number of nitrogens with zero attached hydrogens (tertiary/aromatic N) is 1. The van der Waals surface area contributed by atoms with E-state index in [9.17, 15) is 13.2 Å². The van der Waals surface area contributed by atoms with E-state index in [-0.39, 0.29) is 10.8 Å². The smallest absolute Gasteiger partial charge is 0.262 e. The molecule has 1 fully saturated rings. The summed E-state index contributed by atoms with van der Waals surface area (Å²) in [6.07, 6.45) is 0. The fraction of sp³-hybridized carbons (Fsp3) is 0.321. The van der Waals surface area contributed by atoms with Crippen LogP contribution in [0.4, 0.5) is 5.69 Å². The van der Waals surface area contributed by atoms with E-state index in [0.29, 0.717) is 23.4 Å². The molecule has 1 aliphatic heterocycles. The van der Waals surface area contributed by atoms with Gasteiger partial charge in [0.2, 0.25) is 0 Å². The lowest BCUT2D eigenvalue weighted by atomic mass is 10.1. The Bertz CT molecular complexity index is 1330. The number of anilines is 1. The molecule has 4 rings (SSSR count). The van der Waals surface area contributed by atoms with E-state index in [2.05, 4.69) is 27.1 Å². The molecule has 1 amide bonds. The number of carbonyl (C=O) groups is 1. The van der Waals surface area contributed by atoms with Gasteiger partial charge in [0.15, 0.2) is 0 Å². The van der Waals surface area contributed by atoms with Crippen LogP contribution in [0.5, 0.6) is 0 Å². The van der Waals surface area contributed by atoms with E-state index in [1.54, 1.807) is 25.1 Å². The van der Waals surface area contributed by atoms with Gasteiger partial charge < -0.3 is 10.1 Å². The number of nitrogens with one attached hydrogen (secondary N) is 2. The standard InChI is InChI=1S/C28H33N3O4S/c1-20-4-11-26(22(3)16-20)30-36(33,34)27-17-25(10-5-21(27)2)28(32)29-18-23-6-8-24(9-7-23)19-31-12-14-35-15-13-31/h4-11,16-17,30H,12-15,18-19H2,1-3H3,(H,29,32). The molecule has 0 saturated carbocycles. The summed E-state index contributed by atoms with van der Waals surface area (Å²) in [6, 6.07) is 18.4. The Balaban J connectivity index is 1.40. The zero-order valence-electron chi connectivity index (χ0n) is 21.0. The van der Waals surface area contributed by atoms with Crippen LogP contribution in [0.2, 0.25) is 0 Å². The zero-order chi connectivity index (χ0) is 25.7. The number of rotatable bonds is 8. The quantitative estimate of drug-likeness (QED) is 0.478. The summed E-state index contributed by atoms with van der Waals surface area (Å²) in [5, 5.41) is 2.90. The van der Waals surface area contributed by atoms with E-state index in [4.69, 9.17) is 4.74 Å². The molecule has 1 saturated heterocycles. The second-order valence-corrected chi connectivity index (χ2v) is 10.9. The van der Waals surface area contributed by atoms with Crippen LogP contribution >= 0.6 is 0 Å². The maximum Gasteiger partial charge on any atom is 0.262 e. The van der Waals surface area contributed by atoms with Gasteiger partial charge in [0, 0.05) is 31.7 Å². The molecule has 0 aliphatic carbocycles. The molecule has 0 radical (unpaired) electrons. The van der Waals surface area contributed by atoms with Crippen molar-refractivity contribution in [3.63, 3.8) is 0 Å². The minimum absolute atomic E-state index is 0.0857. The number of ether oxygens (including phenoxy) is 1. The largest absolute Gasteiger partial charge is 0.379 e. The van der Waals surface area contributed by atoms with Crippen LogP contribution < -0.4 is 10.0 Å². The average Bonchev–Trinajstić information content (AvgIpc) is 2.86. The summed E-state index contributed by atoms with van der Waals surface area (Å²) in [6.45, 7) is 10.2. The van der Waals surface area contributed by atoms with Gasteiger partial charge in [0.1, 0.15) is 0 Å². The van der Waals surface area contributed by atoms with Crippen LogP contribution in [0.15, 0.2) is 65.6 Å². The number of amides is 1. The highest BCUT2D eigenvalue weighted by atomic mass is 32.2. The van der Waals surface area contributed by atoms with Gasteiger partial charge in [-0.3, -0.25) is 14.4 Å². The van der Waals surface area contributed by atoms with Crippen LogP contribution in [0, 0.1) is 20.8 Å². The first-order valence-electron chi connectivity index (χ1n) is 12.1. The molecule has 0 aromatic heterocycles. The van der Waals surface area contributed by atoms with Crippen LogP contribution in [0.3, 0.4) is 0 Å². The molecule has 8 heteroatoms. The van der Waals surface area contributed by atoms with Gasteiger partial charge in [0.05, 0.1) is 23.8 Å². The van der Waals surface area contributed by atoms with Crippen molar-refractivity contribution in [3.05, 3.63) is 94.0 Å². The molecule has 3 aromatic rings. The number of morpholine rings is 1. The molecule has 7 nitrogen and oxygen atoms in total. The van der Waals surface area contributed by atoms with Crippen LogP contribution in [0.25, 0.3) is 0 Å². The molecule has 0 spiro atoms. The third-order valence-electron chi connectivity index (χ3n) is 6.35. The van der Waals surface area contributed by atoms with E-state index < -0.39 is 10.0 Å². The monoisotopic (exact) mass is 507 g/mol. The Morgan fingerprint density at radius 1 is 0.889 bits per heavy atom. The lowest BCUT2D eigenvalue weighted by Crippen LogP contribution is -2.35. The number of sulfonamides is 1. The van der Waals surface area contributed by atoms with Gasteiger partial charge in [-0.2, -0.15) is 0 Å². The van der Waals surface area contributed by atoms with Crippen molar-refractivity contribution in [2.24, 2.45) is 0 Å². The predicted molar refractivity (Wildman–Crippen MR) is 142 cm³/mol. The number of hydrogen-bond donors (Lipinski definition) is 2. The molecule has 1 aliphatic rings. The van der Waals surface area contributed by atoms with Crippen molar-refractivity contribution < 1.29 is 17.9 Å². The second-order valence-electron chi connectivity index (χ2n) is 9.29. The molecule has 0 atom stereocenters. The van der Waals surface area contributed by atoms with Crippen molar-refractivity contribution in [1.29, 1.82) is 0 Å². The minimum atomic E-state index is -3.86. The van der Waals surface area contributed by atoms with Gasteiger partial charge in [-0.1, -0.05) is 48.0 Å². The molecule has 0 bridgehead atoms.